The van der Waals surface area contributed by atoms with Gasteiger partial charge in [-0.1, -0.05) is 60.1 Å². The number of carbonyl (C=O) groups excluding carboxylic acids is 2. The van der Waals surface area contributed by atoms with Crippen molar-refractivity contribution in [3.63, 3.8) is 0 Å². The quantitative estimate of drug-likeness (QED) is 0.383. The molecule has 26 heavy (non-hydrogen) atoms. The lowest BCUT2D eigenvalue weighted by molar-refractivity contribution is 0.0818. The van der Waals surface area contributed by atoms with Crippen LogP contribution in [0.5, 0.6) is 0 Å². The first-order chi connectivity index (χ1) is 12.6. The van der Waals surface area contributed by atoms with Gasteiger partial charge in [-0.3, -0.25) is 9.59 Å². The van der Waals surface area contributed by atoms with Gasteiger partial charge in [0, 0.05) is 21.5 Å². The minimum absolute atomic E-state index is 0.323. The van der Waals surface area contributed by atoms with Gasteiger partial charge in [-0.05, 0) is 35.9 Å². The molecule has 0 aliphatic carbocycles. The predicted octanol–water partition coefficient (Wildman–Crippen LogP) is 5.55. The number of hydrogen-bond donors (Lipinski definition) is 1. The van der Waals surface area contributed by atoms with Crippen LogP contribution in [0.25, 0.3) is 22.2 Å². The number of rotatable bonds is 4. The number of carbonyl (C=O) groups is 2. The van der Waals surface area contributed by atoms with Gasteiger partial charge in [0.25, 0.3) is 0 Å². The molecule has 1 aromatic heterocycles. The lowest BCUT2D eigenvalue weighted by atomic mass is 9.96. The maximum Gasteiger partial charge on any atom is 0.236 e. The molecule has 3 nitrogen and oxygen atoms in total. The molecule has 0 amide bonds. The number of H-pyrrole nitrogens is 1. The number of fused-ring (bicyclic) bond motifs is 1. The average Bonchev–Trinajstić information content (AvgIpc) is 3.08. The highest BCUT2D eigenvalue weighted by atomic mass is 35.5. The highest BCUT2D eigenvalue weighted by Crippen LogP contribution is 2.31. The molecule has 0 radical (unpaired) electrons. The fourth-order valence-corrected chi connectivity index (χ4v) is 3.17. The Labute approximate surface area is 155 Å². The van der Waals surface area contributed by atoms with Crippen LogP contribution in [0.3, 0.4) is 0 Å². The monoisotopic (exact) mass is 359 g/mol. The van der Waals surface area contributed by atoms with E-state index in [4.69, 9.17) is 11.6 Å². The maximum atomic E-state index is 13.1. The van der Waals surface area contributed by atoms with Gasteiger partial charge in [0.05, 0.1) is 11.3 Å². The number of ketones is 2. The molecule has 0 saturated carbocycles. The molecule has 3 aromatic carbocycles. The third-order valence-corrected chi connectivity index (χ3v) is 4.56. The van der Waals surface area contributed by atoms with Crippen molar-refractivity contribution in [2.45, 2.75) is 0 Å². The third-order valence-electron chi connectivity index (χ3n) is 4.31. The second-order valence-corrected chi connectivity index (χ2v) is 6.39. The number of aromatic nitrogens is 1. The van der Waals surface area contributed by atoms with Crippen LogP contribution >= 0.6 is 11.6 Å². The maximum absolute atomic E-state index is 13.1. The zero-order chi connectivity index (χ0) is 18.1. The summed E-state index contributed by atoms with van der Waals surface area (Å²) in [6.07, 6.45) is 0. The summed E-state index contributed by atoms with van der Waals surface area (Å²) in [5.41, 5.74) is 3.05. The Morgan fingerprint density at radius 3 is 2.12 bits per heavy atom. The normalized spacial score (nSPS) is 10.8. The Bertz CT molecular complexity index is 1110. The Balaban J connectivity index is 1.88. The van der Waals surface area contributed by atoms with Crippen LogP contribution in [-0.4, -0.2) is 16.6 Å². The second kappa shape index (κ2) is 6.62. The summed E-state index contributed by atoms with van der Waals surface area (Å²) in [6.45, 7) is 0. The minimum atomic E-state index is -0.552. The Morgan fingerprint density at radius 1 is 0.731 bits per heavy atom. The van der Waals surface area contributed by atoms with Crippen LogP contribution in [0.4, 0.5) is 0 Å². The van der Waals surface area contributed by atoms with E-state index in [0.717, 1.165) is 16.5 Å². The minimum Gasteiger partial charge on any atom is -0.354 e. The van der Waals surface area contributed by atoms with E-state index in [2.05, 4.69) is 4.98 Å². The van der Waals surface area contributed by atoms with Gasteiger partial charge in [-0.15, -0.1) is 0 Å². The molecule has 0 bridgehead atoms. The van der Waals surface area contributed by atoms with E-state index in [1.54, 1.807) is 24.3 Å². The number of para-hydroxylation sites is 1. The third kappa shape index (κ3) is 2.83. The summed E-state index contributed by atoms with van der Waals surface area (Å²) in [5.74, 6) is -1.09. The largest absolute Gasteiger partial charge is 0.354 e. The first-order valence-electron chi connectivity index (χ1n) is 8.16. The topological polar surface area (TPSA) is 49.9 Å². The van der Waals surface area contributed by atoms with Crippen molar-refractivity contribution >= 4 is 34.1 Å². The molecule has 0 spiro atoms. The van der Waals surface area contributed by atoms with Gasteiger partial charge in [-0.2, -0.15) is 0 Å². The SMILES string of the molecule is O=C(C(=O)c1c(-c2ccccc2)[nH]c2ccccc12)c1ccc(Cl)cc1. The number of Topliss-reactive ketones (excluding diaryl/α,β-unsaturated/α-hetero) is 2. The number of hydrogen-bond acceptors (Lipinski definition) is 2. The molecule has 0 unspecified atom stereocenters. The Hall–Kier alpha value is -3.17. The molecule has 0 fully saturated rings. The highest BCUT2D eigenvalue weighted by molar-refractivity contribution is 6.52. The van der Waals surface area contributed by atoms with Crippen molar-refractivity contribution in [3.05, 3.63) is 95.0 Å². The molecule has 0 saturated heterocycles. The number of aromatic amines is 1. The molecule has 0 aliphatic heterocycles. The Kier molecular flexibility index (Phi) is 4.15. The van der Waals surface area contributed by atoms with E-state index in [-0.39, 0.29) is 0 Å². The predicted molar refractivity (Wildman–Crippen MR) is 104 cm³/mol. The van der Waals surface area contributed by atoms with Crippen molar-refractivity contribution in [2.24, 2.45) is 0 Å². The summed E-state index contributed by atoms with van der Waals surface area (Å²) >= 11 is 5.88. The number of halogens is 1. The molecule has 4 heteroatoms. The van der Waals surface area contributed by atoms with E-state index in [9.17, 15) is 9.59 Å². The fraction of sp³-hybridized carbons (Fsp3) is 0. The fourth-order valence-electron chi connectivity index (χ4n) is 3.05. The average molecular weight is 360 g/mol. The smallest absolute Gasteiger partial charge is 0.236 e. The zero-order valence-corrected chi connectivity index (χ0v) is 14.5. The van der Waals surface area contributed by atoms with Crippen LogP contribution < -0.4 is 0 Å². The van der Waals surface area contributed by atoms with Crippen LogP contribution in [0.1, 0.15) is 20.7 Å². The molecule has 4 aromatic rings. The molecule has 4 rings (SSSR count). The van der Waals surface area contributed by atoms with E-state index in [1.165, 1.54) is 0 Å². The van der Waals surface area contributed by atoms with Gasteiger partial charge >= 0.3 is 0 Å². The molecule has 1 heterocycles. The molecular formula is C22H14ClNO2. The van der Waals surface area contributed by atoms with Crippen LogP contribution in [-0.2, 0) is 0 Å². The van der Waals surface area contributed by atoms with E-state index >= 15 is 0 Å². The summed E-state index contributed by atoms with van der Waals surface area (Å²) in [7, 11) is 0. The van der Waals surface area contributed by atoms with Crippen molar-refractivity contribution in [2.75, 3.05) is 0 Å². The summed E-state index contributed by atoms with van der Waals surface area (Å²) < 4.78 is 0. The first kappa shape index (κ1) is 16.3. The summed E-state index contributed by atoms with van der Waals surface area (Å²) in [5, 5.41) is 1.25. The van der Waals surface area contributed by atoms with E-state index in [0.29, 0.717) is 21.8 Å². The van der Waals surface area contributed by atoms with Crippen molar-refractivity contribution in [3.8, 4) is 11.3 Å². The van der Waals surface area contributed by atoms with Gasteiger partial charge in [0.1, 0.15) is 0 Å². The number of nitrogens with one attached hydrogen (secondary N) is 1. The standard InChI is InChI=1S/C22H14ClNO2/c23-16-12-10-15(11-13-16)21(25)22(26)19-17-8-4-5-9-18(17)24-20(19)14-6-2-1-3-7-14/h1-13,24H. The van der Waals surface area contributed by atoms with Crippen LogP contribution in [0.2, 0.25) is 5.02 Å². The second-order valence-electron chi connectivity index (χ2n) is 5.95. The molecule has 0 atom stereocenters. The van der Waals surface area contributed by atoms with Crippen molar-refractivity contribution < 1.29 is 9.59 Å². The first-order valence-corrected chi connectivity index (χ1v) is 8.53. The van der Waals surface area contributed by atoms with Gasteiger partial charge in [0.2, 0.25) is 11.6 Å². The van der Waals surface area contributed by atoms with Crippen molar-refractivity contribution in [1.82, 2.24) is 4.98 Å². The van der Waals surface area contributed by atoms with Crippen LogP contribution in [0, 0.1) is 0 Å². The highest BCUT2D eigenvalue weighted by Gasteiger charge is 2.25. The van der Waals surface area contributed by atoms with E-state index in [1.807, 2.05) is 54.6 Å². The van der Waals surface area contributed by atoms with E-state index < -0.39 is 11.6 Å². The van der Waals surface area contributed by atoms with Gasteiger partial charge in [0.15, 0.2) is 0 Å². The summed E-state index contributed by atoms with van der Waals surface area (Å²) in [6, 6.07) is 23.4. The lowest BCUT2D eigenvalue weighted by Gasteiger charge is -2.05. The molecule has 126 valence electrons. The zero-order valence-electron chi connectivity index (χ0n) is 13.7. The molecule has 0 aliphatic rings. The van der Waals surface area contributed by atoms with Gasteiger partial charge in [-0.25, -0.2) is 0 Å². The molecule has 1 N–H and O–H groups in total. The molecular weight excluding hydrogens is 346 g/mol. The Morgan fingerprint density at radius 2 is 1.38 bits per heavy atom. The number of benzene rings is 3. The summed E-state index contributed by atoms with van der Waals surface area (Å²) in [4.78, 5) is 29.2. The van der Waals surface area contributed by atoms with Crippen LogP contribution in [0.15, 0.2) is 78.9 Å². The lowest BCUT2D eigenvalue weighted by Crippen LogP contribution is -2.15. The van der Waals surface area contributed by atoms with Gasteiger partial charge < -0.3 is 4.98 Å². The van der Waals surface area contributed by atoms with Crippen molar-refractivity contribution in [1.29, 1.82) is 0 Å².